The molecule has 2 bridgehead atoms. The van der Waals surface area contributed by atoms with Gasteiger partial charge in [-0.3, -0.25) is 34.2 Å². The lowest BCUT2D eigenvalue weighted by molar-refractivity contribution is -0.384. The number of aromatic nitrogens is 1. The van der Waals surface area contributed by atoms with Gasteiger partial charge in [-0.2, -0.15) is 0 Å². The van der Waals surface area contributed by atoms with Crippen LogP contribution >= 0.6 is 23.1 Å². The number of rotatable bonds is 8. The number of thiazole rings is 1. The molecule has 2 aliphatic carbocycles. The molecule has 12 nitrogen and oxygen atoms in total. The molecule has 2 saturated carbocycles. The van der Waals surface area contributed by atoms with Crippen molar-refractivity contribution in [3.8, 4) is 11.5 Å². The molecular weight excluding hydrogens is 669 g/mol. The third-order valence-electron chi connectivity index (χ3n) is 10.3. The molecule has 4 aliphatic rings. The fourth-order valence-electron chi connectivity index (χ4n) is 8.34. The number of carbonyl (C=O) groups is 3. The summed E-state index contributed by atoms with van der Waals surface area (Å²) in [6.07, 6.45) is 0.716. The smallest absolute Gasteiger partial charge is 0.305 e. The fraction of sp³-hybridized carbons (Fsp3) is 0.314. The summed E-state index contributed by atoms with van der Waals surface area (Å²) in [5.41, 5.74) is 2.84. The third kappa shape index (κ3) is 5.12. The molecule has 0 radical (unpaired) electrons. The second-order valence-electron chi connectivity index (χ2n) is 12.9. The Morgan fingerprint density at radius 1 is 1.00 bits per heavy atom. The van der Waals surface area contributed by atoms with Gasteiger partial charge < -0.3 is 19.8 Å². The number of methoxy groups -OCH3 is 1. The van der Waals surface area contributed by atoms with Gasteiger partial charge in [-0.05, 0) is 73.1 Å². The molecule has 2 N–H and O–H groups in total. The molecule has 3 heterocycles. The first-order valence-electron chi connectivity index (χ1n) is 15.8. The first kappa shape index (κ1) is 31.3. The van der Waals surface area contributed by atoms with E-state index >= 15 is 0 Å². The zero-order chi connectivity index (χ0) is 34.1. The minimum absolute atomic E-state index is 0.0186. The van der Waals surface area contributed by atoms with E-state index in [1.807, 2.05) is 43.3 Å². The molecule has 3 amide bonds. The lowest BCUT2D eigenvalue weighted by atomic mass is 9.68. The number of fused-ring (bicyclic) bond motifs is 9. The number of ether oxygens (including phenoxy) is 2. The van der Waals surface area contributed by atoms with Crippen LogP contribution in [0.15, 0.2) is 76.6 Å². The van der Waals surface area contributed by atoms with Crippen molar-refractivity contribution >= 4 is 57.9 Å². The Hall–Kier alpha value is -4.95. The summed E-state index contributed by atoms with van der Waals surface area (Å²) >= 11 is 2.74. The summed E-state index contributed by atoms with van der Waals surface area (Å²) in [4.78, 5) is 68.8. The molecule has 1 aromatic heterocycles. The van der Waals surface area contributed by atoms with Gasteiger partial charge in [0.25, 0.3) is 11.6 Å². The Morgan fingerprint density at radius 3 is 2.41 bits per heavy atom. The van der Waals surface area contributed by atoms with Crippen LogP contribution < -0.4 is 24.6 Å². The molecule has 2 aliphatic heterocycles. The van der Waals surface area contributed by atoms with E-state index in [1.165, 1.54) is 36.3 Å². The van der Waals surface area contributed by atoms with Gasteiger partial charge in [0.1, 0.15) is 0 Å². The van der Waals surface area contributed by atoms with E-state index in [0.29, 0.717) is 29.3 Å². The van der Waals surface area contributed by atoms with Gasteiger partial charge in [0.05, 0.1) is 34.6 Å². The predicted molar refractivity (Wildman–Crippen MR) is 182 cm³/mol. The summed E-state index contributed by atoms with van der Waals surface area (Å²) in [5, 5.41) is 14.8. The van der Waals surface area contributed by atoms with Gasteiger partial charge in [-0.1, -0.05) is 35.1 Å². The highest BCUT2D eigenvalue weighted by molar-refractivity contribution is 8.00. The lowest BCUT2D eigenvalue weighted by Crippen LogP contribution is -2.42. The van der Waals surface area contributed by atoms with E-state index in [0.717, 1.165) is 32.4 Å². The summed E-state index contributed by atoms with van der Waals surface area (Å²) in [7, 11) is 1.52. The van der Waals surface area contributed by atoms with Crippen LogP contribution in [0.4, 0.5) is 17.1 Å². The normalized spacial score (nSPS) is 26.2. The number of non-ortho nitro benzene ring substituents is 1. The minimum atomic E-state index is -0.522. The fourth-order valence-corrected chi connectivity index (χ4v) is 11.2. The standard InChI is InChI=1S/C35H30N4O8S2/c1-16-3-6-18(7-4-16)36-25(40)15-47-23-12-5-17(13-24(23)46-2)26-27-21-14-22(30(27)48-32-31(26)49-35(43)37-32)29-28(21)33(41)38(34(29)42)19-8-10-20(11-9-19)39(44)45/h3-13,21-22,26-30H,14-15H2,1-2H3,(H,36,40)(H,37,43)/t21-,22-,26-,27?,28?,29?,30?/m1/s1. The first-order valence-corrected chi connectivity index (χ1v) is 17.5. The van der Waals surface area contributed by atoms with E-state index in [2.05, 4.69) is 10.3 Å². The molecule has 3 aromatic carbocycles. The quantitative estimate of drug-likeness (QED) is 0.140. The average molecular weight is 699 g/mol. The zero-order valence-electron chi connectivity index (χ0n) is 26.3. The Morgan fingerprint density at radius 2 is 1.71 bits per heavy atom. The van der Waals surface area contributed by atoms with Crippen molar-refractivity contribution in [2.75, 3.05) is 23.9 Å². The summed E-state index contributed by atoms with van der Waals surface area (Å²) in [6.45, 7) is 1.74. The first-order chi connectivity index (χ1) is 23.6. The molecule has 14 heteroatoms. The maximum Gasteiger partial charge on any atom is 0.305 e. The van der Waals surface area contributed by atoms with Crippen molar-refractivity contribution in [3.05, 3.63) is 103 Å². The largest absolute Gasteiger partial charge is 0.493 e. The van der Waals surface area contributed by atoms with E-state index in [-0.39, 0.29) is 63.8 Å². The maximum absolute atomic E-state index is 14.0. The number of nitrogens with zero attached hydrogens (tertiary/aromatic N) is 2. The van der Waals surface area contributed by atoms with E-state index in [1.54, 1.807) is 17.8 Å². The number of hydrogen-bond acceptors (Lipinski definition) is 10. The number of aromatic amines is 1. The topological polar surface area (TPSA) is 161 Å². The number of nitro groups is 1. The van der Waals surface area contributed by atoms with E-state index in [9.17, 15) is 29.3 Å². The van der Waals surface area contributed by atoms with Crippen molar-refractivity contribution < 1.29 is 28.8 Å². The van der Waals surface area contributed by atoms with Crippen LogP contribution in [0, 0.1) is 46.6 Å². The van der Waals surface area contributed by atoms with Crippen molar-refractivity contribution in [2.45, 2.75) is 29.5 Å². The maximum atomic E-state index is 14.0. The number of carbonyl (C=O) groups excluding carboxylic acids is 3. The minimum Gasteiger partial charge on any atom is -0.493 e. The van der Waals surface area contributed by atoms with Crippen LogP contribution in [0.2, 0.25) is 0 Å². The SMILES string of the molecule is COc1cc([C@H]2c3sc(=O)[nH]c3SC3C2[C@H]2C[C@@H]3C3C(=O)N(c4ccc([N+](=O)[O-])cc4)C(=O)C32)ccc1OCC(=O)Nc1ccc(C)cc1. The van der Waals surface area contributed by atoms with Crippen LogP contribution in [0.5, 0.6) is 11.5 Å². The van der Waals surface area contributed by atoms with Crippen LogP contribution in [-0.4, -0.2) is 46.6 Å². The van der Waals surface area contributed by atoms with Crippen LogP contribution in [0.1, 0.15) is 28.3 Å². The van der Waals surface area contributed by atoms with Crippen LogP contribution in [0.25, 0.3) is 0 Å². The van der Waals surface area contributed by atoms with Gasteiger partial charge in [-0.15, -0.1) is 11.8 Å². The molecule has 8 rings (SSSR count). The molecule has 4 aromatic rings. The van der Waals surface area contributed by atoms with Crippen molar-refractivity contribution in [2.24, 2.45) is 29.6 Å². The number of nitro benzene ring substituents is 1. The Labute approximate surface area is 288 Å². The number of aryl methyl sites for hydroxylation is 1. The molecule has 250 valence electrons. The molecule has 3 fully saturated rings. The van der Waals surface area contributed by atoms with Gasteiger partial charge in [0, 0.05) is 33.9 Å². The number of hydrogen-bond donors (Lipinski definition) is 2. The van der Waals surface area contributed by atoms with Crippen molar-refractivity contribution in [3.63, 3.8) is 0 Å². The Balaban J connectivity index is 1.08. The summed E-state index contributed by atoms with van der Waals surface area (Å²) in [5.74, 6) is -1.56. The number of thioether (sulfide) groups is 1. The zero-order valence-corrected chi connectivity index (χ0v) is 27.9. The molecule has 4 unspecified atom stereocenters. The Kier molecular flexibility index (Phi) is 7.59. The summed E-state index contributed by atoms with van der Waals surface area (Å²) < 4.78 is 11.6. The second kappa shape index (κ2) is 11.9. The summed E-state index contributed by atoms with van der Waals surface area (Å²) in [6, 6.07) is 18.5. The highest BCUT2D eigenvalue weighted by Gasteiger charge is 2.69. The molecule has 0 spiro atoms. The Bertz CT molecular complexity index is 2080. The van der Waals surface area contributed by atoms with Crippen molar-refractivity contribution in [1.82, 2.24) is 4.98 Å². The lowest BCUT2D eigenvalue weighted by Gasteiger charge is -2.43. The number of benzene rings is 3. The third-order valence-corrected chi connectivity index (χ3v) is 12.9. The second-order valence-corrected chi connectivity index (χ2v) is 15.1. The highest BCUT2D eigenvalue weighted by Crippen LogP contribution is 2.68. The van der Waals surface area contributed by atoms with Crippen LogP contribution in [0.3, 0.4) is 0 Å². The number of anilines is 2. The molecular formula is C35H30N4O8S2. The molecule has 7 atom stereocenters. The number of imide groups is 1. The predicted octanol–water partition coefficient (Wildman–Crippen LogP) is 5.36. The van der Waals surface area contributed by atoms with Gasteiger partial charge in [0.15, 0.2) is 18.1 Å². The molecule has 49 heavy (non-hydrogen) atoms. The number of H-pyrrole nitrogens is 1. The van der Waals surface area contributed by atoms with Crippen LogP contribution in [-0.2, 0) is 14.4 Å². The van der Waals surface area contributed by atoms with Gasteiger partial charge in [-0.25, -0.2) is 0 Å². The highest BCUT2D eigenvalue weighted by atomic mass is 32.2. The van der Waals surface area contributed by atoms with E-state index in [4.69, 9.17) is 9.47 Å². The molecule has 1 saturated heterocycles. The average Bonchev–Trinajstić information content (AvgIpc) is 3.83. The van der Waals surface area contributed by atoms with Crippen molar-refractivity contribution in [1.29, 1.82) is 0 Å². The number of nitrogens with one attached hydrogen (secondary N) is 2. The monoisotopic (exact) mass is 698 g/mol. The van der Waals surface area contributed by atoms with Gasteiger partial charge >= 0.3 is 4.87 Å². The number of amides is 3. The van der Waals surface area contributed by atoms with Gasteiger partial charge in [0.2, 0.25) is 11.8 Å². The van der Waals surface area contributed by atoms with E-state index < -0.39 is 16.8 Å².